The predicted octanol–water partition coefficient (Wildman–Crippen LogP) is -1.54. The molecule has 0 radical (unpaired) electrons. The number of carboxylic acids is 1. The number of primary sulfonamides is 1. The molecule has 110 valence electrons. The van der Waals surface area contributed by atoms with E-state index in [-0.39, 0.29) is 19.4 Å². The Labute approximate surface area is 111 Å². The number of hydrogen-bond acceptors (Lipinski definition) is 5. The van der Waals surface area contributed by atoms with E-state index < -0.39 is 33.2 Å². The third-order valence-corrected chi connectivity index (χ3v) is 4.43. The number of nitrogens with zero attached hydrogens (tertiary/aromatic N) is 1. The van der Waals surface area contributed by atoms with Gasteiger partial charge in [-0.25, -0.2) is 18.4 Å². The summed E-state index contributed by atoms with van der Waals surface area (Å²) in [5.41, 5.74) is 5.33. The highest BCUT2D eigenvalue weighted by Gasteiger charge is 2.41. The maximum atomic E-state index is 11.7. The van der Waals surface area contributed by atoms with Crippen molar-refractivity contribution in [3.05, 3.63) is 0 Å². The fourth-order valence-electron chi connectivity index (χ4n) is 2.11. The summed E-state index contributed by atoms with van der Waals surface area (Å²) < 4.78 is 22.4. The minimum atomic E-state index is -3.83. The Hall–Kier alpha value is -1.19. The van der Waals surface area contributed by atoms with Crippen molar-refractivity contribution in [2.75, 3.05) is 13.1 Å². The number of unbranched alkanes of at least 4 members (excludes halogenated alkanes) is 1. The molecule has 0 aromatic carbocycles. The molecular weight excluding hydrogens is 274 g/mol. The number of rotatable bonds is 7. The van der Waals surface area contributed by atoms with Crippen LogP contribution >= 0.6 is 0 Å². The molecule has 1 aliphatic heterocycles. The van der Waals surface area contributed by atoms with Gasteiger partial charge in [-0.15, -0.1) is 0 Å². The van der Waals surface area contributed by atoms with E-state index in [2.05, 4.69) is 0 Å². The lowest BCUT2D eigenvalue weighted by Gasteiger charge is -2.24. The summed E-state index contributed by atoms with van der Waals surface area (Å²) in [5, 5.41) is 13.1. The molecule has 2 unspecified atom stereocenters. The highest BCUT2D eigenvalue weighted by Crippen LogP contribution is 2.21. The second-order valence-electron chi connectivity index (χ2n) is 4.60. The van der Waals surface area contributed by atoms with Crippen molar-refractivity contribution in [1.82, 2.24) is 4.90 Å². The van der Waals surface area contributed by atoms with Crippen LogP contribution in [0.25, 0.3) is 0 Å². The van der Waals surface area contributed by atoms with Crippen LogP contribution < -0.4 is 10.9 Å². The van der Waals surface area contributed by atoms with Crippen LogP contribution in [-0.2, 0) is 19.6 Å². The summed E-state index contributed by atoms with van der Waals surface area (Å²) in [6, 6.07) is -1.01. The van der Waals surface area contributed by atoms with Gasteiger partial charge in [0.05, 0.1) is 0 Å². The predicted molar refractivity (Wildman–Crippen MR) is 67.6 cm³/mol. The fourth-order valence-corrected chi connectivity index (χ4v) is 2.86. The lowest BCUT2D eigenvalue weighted by molar-refractivity contribution is -0.148. The molecule has 1 amide bonds. The Balaban J connectivity index is 2.75. The molecule has 5 N–H and O–H groups in total. The first-order chi connectivity index (χ1) is 8.77. The van der Waals surface area contributed by atoms with E-state index in [9.17, 15) is 18.0 Å². The second-order valence-corrected chi connectivity index (χ2v) is 6.44. The number of nitrogens with two attached hydrogens (primary N) is 2. The number of carboxylic acid groups (broad SMARTS) is 1. The van der Waals surface area contributed by atoms with E-state index >= 15 is 0 Å². The van der Waals surface area contributed by atoms with E-state index in [1.54, 1.807) is 0 Å². The molecule has 19 heavy (non-hydrogen) atoms. The molecule has 1 heterocycles. The summed E-state index contributed by atoms with van der Waals surface area (Å²) in [6.07, 6.45) is 1.23. The van der Waals surface area contributed by atoms with Crippen molar-refractivity contribution in [3.8, 4) is 0 Å². The minimum Gasteiger partial charge on any atom is -0.480 e. The van der Waals surface area contributed by atoms with Crippen LogP contribution in [0.4, 0.5) is 0 Å². The zero-order valence-electron chi connectivity index (χ0n) is 10.5. The number of carbonyl (C=O) groups is 2. The van der Waals surface area contributed by atoms with Crippen LogP contribution in [0, 0.1) is 0 Å². The van der Waals surface area contributed by atoms with Crippen LogP contribution in [-0.4, -0.2) is 54.7 Å². The number of aliphatic carboxylic acids is 1. The molecule has 8 nitrogen and oxygen atoms in total. The fraction of sp³-hybridized carbons (Fsp3) is 0.800. The highest BCUT2D eigenvalue weighted by molar-refractivity contribution is 7.89. The van der Waals surface area contributed by atoms with Crippen LogP contribution in [0.3, 0.4) is 0 Å². The number of hydrogen-bond donors (Lipinski definition) is 3. The first-order valence-corrected chi connectivity index (χ1v) is 7.62. The Morgan fingerprint density at radius 3 is 2.53 bits per heavy atom. The SMILES string of the molecule is NCCCCC(C(=O)O)N1CC(S(N)(=O)=O)CC1=O. The molecule has 9 heteroatoms. The van der Waals surface area contributed by atoms with E-state index in [1.807, 2.05) is 0 Å². The lowest BCUT2D eigenvalue weighted by Crippen LogP contribution is -2.43. The van der Waals surface area contributed by atoms with Crippen LogP contribution in [0.5, 0.6) is 0 Å². The normalized spacial score (nSPS) is 21.7. The largest absolute Gasteiger partial charge is 0.480 e. The van der Waals surface area contributed by atoms with Gasteiger partial charge in [0, 0.05) is 13.0 Å². The molecule has 2 atom stereocenters. The average molecular weight is 293 g/mol. The molecular formula is C10H19N3O5S. The third kappa shape index (κ3) is 4.15. The summed E-state index contributed by atoms with van der Waals surface area (Å²) in [6.45, 7) is 0.289. The molecule has 0 saturated carbocycles. The zero-order chi connectivity index (χ0) is 14.6. The number of carbonyl (C=O) groups excluding carboxylic acids is 1. The van der Waals surface area contributed by atoms with Crippen LogP contribution in [0.15, 0.2) is 0 Å². The first-order valence-electron chi connectivity index (χ1n) is 6.01. The molecule has 0 spiro atoms. The zero-order valence-corrected chi connectivity index (χ0v) is 11.3. The Morgan fingerprint density at radius 1 is 1.47 bits per heavy atom. The lowest BCUT2D eigenvalue weighted by atomic mass is 10.1. The van der Waals surface area contributed by atoms with E-state index in [1.165, 1.54) is 0 Å². The molecule has 0 aromatic heterocycles. The topological polar surface area (TPSA) is 144 Å². The van der Waals surface area contributed by atoms with Gasteiger partial charge in [0.25, 0.3) is 0 Å². The van der Waals surface area contributed by atoms with Gasteiger partial charge in [0.15, 0.2) is 0 Å². The Morgan fingerprint density at radius 2 is 2.11 bits per heavy atom. The maximum absolute atomic E-state index is 11.7. The van der Waals surface area contributed by atoms with Crippen molar-refractivity contribution in [1.29, 1.82) is 0 Å². The van der Waals surface area contributed by atoms with Crippen molar-refractivity contribution >= 4 is 21.9 Å². The van der Waals surface area contributed by atoms with Gasteiger partial charge in [-0.3, -0.25) is 4.79 Å². The van der Waals surface area contributed by atoms with Crippen LogP contribution in [0.1, 0.15) is 25.7 Å². The molecule has 1 saturated heterocycles. The average Bonchev–Trinajstić information content (AvgIpc) is 2.66. The molecule has 0 aromatic rings. The van der Waals surface area contributed by atoms with E-state index in [4.69, 9.17) is 16.0 Å². The van der Waals surface area contributed by atoms with Gasteiger partial charge < -0.3 is 15.7 Å². The number of amides is 1. The van der Waals surface area contributed by atoms with Gasteiger partial charge in [0.1, 0.15) is 11.3 Å². The van der Waals surface area contributed by atoms with Gasteiger partial charge >= 0.3 is 5.97 Å². The van der Waals surface area contributed by atoms with Crippen molar-refractivity contribution in [2.45, 2.75) is 37.0 Å². The Kier molecular flexibility index (Phi) is 5.27. The van der Waals surface area contributed by atoms with Gasteiger partial charge in [-0.1, -0.05) is 0 Å². The molecule has 1 fully saturated rings. The molecule has 1 rings (SSSR count). The maximum Gasteiger partial charge on any atom is 0.326 e. The van der Waals surface area contributed by atoms with Gasteiger partial charge in [0.2, 0.25) is 15.9 Å². The first kappa shape index (κ1) is 15.9. The minimum absolute atomic E-state index is 0.155. The van der Waals surface area contributed by atoms with Crippen molar-refractivity contribution < 1.29 is 23.1 Å². The Bertz CT molecular complexity index is 450. The second kappa shape index (κ2) is 6.31. The van der Waals surface area contributed by atoms with Gasteiger partial charge in [-0.2, -0.15) is 0 Å². The highest BCUT2D eigenvalue weighted by atomic mass is 32.2. The van der Waals surface area contributed by atoms with E-state index in [0.717, 1.165) is 4.90 Å². The number of sulfonamides is 1. The van der Waals surface area contributed by atoms with Crippen LogP contribution in [0.2, 0.25) is 0 Å². The van der Waals surface area contributed by atoms with E-state index in [0.29, 0.717) is 19.4 Å². The quantitative estimate of drug-likeness (QED) is 0.485. The number of likely N-dealkylation sites (tertiary alicyclic amines) is 1. The molecule has 0 bridgehead atoms. The van der Waals surface area contributed by atoms with Gasteiger partial charge in [-0.05, 0) is 25.8 Å². The standard InChI is InChI=1S/C10H19N3O5S/c11-4-2-1-3-8(10(15)16)13-6-7(5-9(13)14)19(12,17)18/h7-8H,1-6,11H2,(H,15,16)(H2,12,17,18). The third-order valence-electron chi connectivity index (χ3n) is 3.18. The monoisotopic (exact) mass is 293 g/mol. The molecule has 0 aliphatic carbocycles. The summed E-state index contributed by atoms with van der Waals surface area (Å²) >= 11 is 0. The smallest absolute Gasteiger partial charge is 0.326 e. The summed E-state index contributed by atoms with van der Waals surface area (Å²) in [5.74, 6) is -1.63. The van der Waals surface area contributed by atoms with Crippen molar-refractivity contribution in [3.63, 3.8) is 0 Å². The summed E-state index contributed by atoms with van der Waals surface area (Å²) in [7, 11) is -3.83. The summed E-state index contributed by atoms with van der Waals surface area (Å²) in [4.78, 5) is 24.0. The molecule has 1 aliphatic rings. The van der Waals surface area contributed by atoms with Crippen molar-refractivity contribution in [2.24, 2.45) is 10.9 Å².